The van der Waals surface area contributed by atoms with E-state index >= 15 is 0 Å². The van der Waals surface area contributed by atoms with E-state index in [0.29, 0.717) is 9.47 Å². The molecule has 0 bridgehead atoms. The molecule has 2 aromatic rings. The summed E-state index contributed by atoms with van der Waals surface area (Å²) in [6.07, 6.45) is 0.216. The number of ether oxygens (including phenoxy) is 1. The standard InChI is InChI=1S/C15H18N4O3S2/c1-4-10-5-7-11(8-6-10)16-13-18-19-15(24-13)23-9(2)12(20)17-14(21)22-3/h5-9H,4H2,1-3H3,(H,16,18)(H,17,20,21)/t9-/m1/s1. The molecule has 1 aromatic heterocycles. The molecule has 0 radical (unpaired) electrons. The van der Waals surface area contributed by atoms with E-state index < -0.39 is 17.3 Å². The van der Waals surface area contributed by atoms with Crippen molar-refractivity contribution >= 4 is 45.9 Å². The zero-order valence-corrected chi connectivity index (χ0v) is 15.2. The number of benzene rings is 1. The van der Waals surface area contributed by atoms with Crippen molar-refractivity contribution in [1.82, 2.24) is 15.5 Å². The quantitative estimate of drug-likeness (QED) is 0.758. The van der Waals surface area contributed by atoms with E-state index in [1.165, 1.54) is 35.8 Å². The van der Waals surface area contributed by atoms with Crippen LogP contribution in [0.2, 0.25) is 0 Å². The molecular formula is C15H18N4O3S2. The minimum atomic E-state index is -0.775. The van der Waals surface area contributed by atoms with Gasteiger partial charge in [0.2, 0.25) is 11.0 Å². The van der Waals surface area contributed by atoms with Crippen molar-refractivity contribution in [2.45, 2.75) is 29.9 Å². The molecule has 24 heavy (non-hydrogen) atoms. The van der Waals surface area contributed by atoms with Crippen molar-refractivity contribution in [2.75, 3.05) is 12.4 Å². The molecule has 0 unspecified atom stereocenters. The van der Waals surface area contributed by atoms with Gasteiger partial charge in [0.15, 0.2) is 4.34 Å². The first-order chi connectivity index (χ1) is 11.5. The molecule has 0 spiro atoms. The van der Waals surface area contributed by atoms with Gasteiger partial charge in [-0.3, -0.25) is 10.1 Å². The van der Waals surface area contributed by atoms with Gasteiger partial charge in [0.05, 0.1) is 12.4 Å². The molecule has 0 aliphatic carbocycles. The Morgan fingerprint density at radius 1 is 1.29 bits per heavy atom. The summed E-state index contributed by atoms with van der Waals surface area (Å²) in [6.45, 7) is 3.79. The lowest BCUT2D eigenvalue weighted by molar-refractivity contribution is -0.119. The Bertz CT molecular complexity index is 703. The topological polar surface area (TPSA) is 93.2 Å². The van der Waals surface area contributed by atoms with Gasteiger partial charge in [-0.15, -0.1) is 10.2 Å². The van der Waals surface area contributed by atoms with Gasteiger partial charge in [-0.25, -0.2) is 4.79 Å². The molecule has 2 rings (SSSR count). The monoisotopic (exact) mass is 366 g/mol. The summed E-state index contributed by atoms with van der Waals surface area (Å²) in [5, 5.41) is 13.5. The Morgan fingerprint density at radius 2 is 2.00 bits per heavy atom. The van der Waals surface area contributed by atoms with Gasteiger partial charge < -0.3 is 10.1 Å². The van der Waals surface area contributed by atoms with Crippen molar-refractivity contribution in [3.05, 3.63) is 29.8 Å². The Hall–Kier alpha value is -2.13. The fourth-order valence-electron chi connectivity index (χ4n) is 1.71. The summed E-state index contributed by atoms with van der Waals surface area (Å²) < 4.78 is 5.03. The second-order valence-corrected chi connectivity index (χ2v) is 7.35. The Balaban J connectivity index is 1.92. The highest BCUT2D eigenvalue weighted by molar-refractivity contribution is 8.02. The van der Waals surface area contributed by atoms with Crippen LogP contribution >= 0.6 is 23.1 Å². The predicted octanol–water partition coefficient (Wildman–Crippen LogP) is 3.21. The zero-order valence-electron chi connectivity index (χ0n) is 13.5. The lowest BCUT2D eigenvalue weighted by Gasteiger charge is -2.07. The van der Waals surface area contributed by atoms with Gasteiger partial charge in [-0.2, -0.15) is 0 Å². The van der Waals surface area contributed by atoms with Crippen LogP contribution in [-0.4, -0.2) is 34.6 Å². The average molecular weight is 366 g/mol. The number of methoxy groups -OCH3 is 1. The van der Waals surface area contributed by atoms with Crippen LogP contribution < -0.4 is 10.6 Å². The highest BCUT2D eigenvalue weighted by atomic mass is 32.2. The van der Waals surface area contributed by atoms with E-state index in [2.05, 4.69) is 44.6 Å². The summed E-state index contributed by atoms with van der Waals surface area (Å²) >= 11 is 2.57. The SMILES string of the molecule is CCc1ccc(Nc2nnc(S[C@H](C)C(=O)NC(=O)OC)s2)cc1. The summed E-state index contributed by atoms with van der Waals surface area (Å²) in [4.78, 5) is 22.8. The number of nitrogens with one attached hydrogen (secondary N) is 2. The number of carbonyl (C=O) groups is 2. The second-order valence-electron chi connectivity index (χ2n) is 4.79. The van der Waals surface area contributed by atoms with Crippen LogP contribution in [0.4, 0.5) is 15.6 Å². The molecule has 7 nitrogen and oxygen atoms in total. The van der Waals surface area contributed by atoms with Gasteiger partial charge in [-0.1, -0.05) is 42.2 Å². The normalized spacial score (nSPS) is 11.6. The number of alkyl carbamates (subject to hydrolysis) is 1. The number of thioether (sulfide) groups is 1. The summed E-state index contributed by atoms with van der Waals surface area (Å²) in [6, 6.07) is 8.08. The Kier molecular flexibility index (Phi) is 6.56. The summed E-state index contributed by atoms with van der Waals surface area (Å²) in [5.41, 5.74) is 2.19. The van der Waals surface area contributed by atoms with Crippen molar-refractivity contribution in [2.24, 2.45) is 0 Å². The third-order valence-electron chi connectivity index (χ3n) is 3.08. The summed E-state index contributed by atoms with van der Waals surface area (Å²) in [5.74, 6) is -0.438. The molecule has 0 saturated heterocycles. The minimum absolute atomic E-state index is 0.438. The molecule has 0 aliphatic heterocycles. The van der Waals surface area contributed by atoms with Crippen LogP contribution in [0.15, 0.2) is 28.6 Å². The third-order valence-corrected chi connectivity index (χ3v) is 5.10. The van der Waals surface area contributed by atoms with Crippen LogP contribution in [-0.2, 0) is 16.0 Å². The van der Waals surface area contributed by atoms with Crippen molar-refractivity contribution < 1.29 is 14.3 Å². The molecule has 1 atom stereocenters. The Morgan fingerprint density at radius 3 is 2.62 bits per heavy atom. The number of imide groups is 1. The largest absolute Gasteiger partial charge is 0.453 e. The highest BCUT2D eigenvalue weighted by Gasteiger charge is 2.19. The third kappa shape index (κ3) is 5.20. The average Bonchev–Trinajstić information content (AvgIpc) is 3.02. The highest BCUT2D eigenvalue weighted by Crippen LogP contribution is 2.30. The number of aromatic nitrogens is 2. The number of hydrogen-bond donors (Lipinski definition) is 2. The van der Waals surface area contributed by atoms with Gasteiger partial charge in [0.25, 0.3) is 0 Å². The first-order valence-electron chi connectivity index (χ1n) is 7.26. The number of anilines is 2. The van der Waals surface area contributed by atoms with E-state index in [9.17, 15) is 9.59 Å². The predicted molar refractivity (Wildman–Crippen MR) is 94.9 cm³/mol. The van der Waals surface area contributed by atoms with E-state index in [1.54, 1.807) is 6.92 Å². The molecular weight excluding hydrogens is 348 g/mol. The van der Waals surface area contributed by atoms with Crippen LogP contribution in [0.5, 0.6) is 0 Å². The zero-order chi connectivity index (χ0) is 17.5. The van der Waals surface area contributed by atoms with Gasteiger partial charge in [0, 0.05) is 5.69 Å². The van der Waals surface area contributed by atoms with Crippen molar-refractivity contribution in [1.29, 1.82) is 0 Å². The second kappa shape index (κ2) is 8.65. The molecule has 1 aromatic carbocycles. The molecule has 0 saturated carbocycles. The molecule has 1 heterocycles. The van der Waals surface area contributed by atoms with E-state index in [1.807, 2.05) is 12.1 Å². The molecule has 0 aliphatic rings. The maximum Gasteiger partial charge on any atom is 0.413 e. The molecule has 0 fully saturated rings. The fourth-order valence-corrected chi connectivity index (χ4v) is 3.63. The summed E-state index contributed by atoms with van der Waals surface area (Å²) in [7, 11) is 1.20. The number of carbonyl (C=O) groups excluding carboxylic acids is 2. The number of amides is 2. The van der Waals surface area contributed by atoms with Gasteiger partial charge in [-0.05, 0) is 31.0 Å². The molecule has 2 amide bonds. The van der Waals surface area contributed by atoms with Crippen molar-refractivity contribution in [3.8, 4) is 0 Å². The fraction of sp³-hybridized carbons (Fsp3) is 0.333. The number of rotatable bonds is 6. The maximum absolute atomic E-state index is 11.8. The maximum atomic E-state index is 11.8. The van der Waals surface area contributed by atoms with E-state index in [-0.39, 0.29) is 0 Å². The first-order valence-corrected chi connectivity index (χ1v) is 8.96. The number of aryl methyl sites for hydroxylation is 1. The minimum Gasteiger partial charge on any atom is -0.453 e. The van der Waals surface area contributed by atoms with Gasteiger partial charge >= 0.3 is 6.09 Å². The van der Waals surface area contributed by atoms with Gasteiger partial charge in [0.1, 0.15) is 0 Å². The van der Waals surface area contributed by atoms with E-state index in [4.69, 9.17) is 0 Å². The lowest BCUT2D eigenvalue weighted by Crippen LogP contribution is -2.35. The van der Waals surface area contributed by atoms with Crippen LogP contribution in [0.25, 0.3) is 0 Å². The first kappa shape index (κ1) is 18.2. The van der Waals surface area contributed by atoms with E-state index in [0.717, 1.165) is 12.1 Å². The van der Waals surface area contributed by atoms with Crippen LogP contribution in [0.1, 0.15) is 19.4 Å². The Labute approximate surface area is 148 Å². The van der Waals surface area contributed by atoms with Crippen molar-refractivity contribution in [3.63, 3.8) is 0 Å². The number of nitrogens with zero attached hydrogens (tertiary/aromatic N) is 2. The van der Waals surface area contributed by atoms with Crippen LogP contribution in [0.3, 0.4) is 0 Å². The molecule has 2 N–H and O–H groups in total. The molecule has 128 valence electrons. The lowest BCUT2D eigenvalue weighted by atomic mass is 10.1. The molecule has 9 heteroatoms. The smallest absolute Gasteiger partial charge is 0.413 e. The number of hydrogen-bond acceptors (Lipinski definition) is 8. The van der Waals surface area contributed by atoms with Crippen LogP contribution in [0, 0.1) is 0 Å².